The van der Waals surface area contributed by atoms with E-state index in [-0.39, 0.29) is 48.2 Å². The third-order valence-corrected chi connectivity index (χ3v) is 7.98. The lowest BCUT2D eigenvalue weighted by molar-refractivity contribution is -0.148. The summed E-state index contributed by atoms with van der Waals surface area (Å²) in [5, 5.41) is 50.3. The Hall–Kier alpha value is -3.90. The monoisotopic (exact) mass is 526 g/mol. The first-order valence-electron chi connectivity index (χ1n) is 12.4. The SMILES string of the molecule is CN(C)[C@@H]1C(O)=C(C(N)=O)C(=O)C2(O)C(O)=C3C(=O)c4c(ccc(NCC(=O)NC5CC5)c4O)CC3CC12. The summed E-state index contributed by atoms with van der Waals surface area (Å²) in [4.78, 5) is 52.6. The minimum Gasteiger partial charge on any atom is -0.510 e. The minimum absolute atomic E-state index is 0.0217. The van der Waals surface area contributed by atoms with Crippen molar-refractivity contribution in [2.75, 3.05) is 26.0 Å². The molecule has 2 amide bonds. The summed E-state index contributed by atoms with van der Waals surface area (Å²) in [6, 6.07) is 2.32. The van der Waals surface area contributed by atoms with Gasteiger partial charge in [-0.25, -0.2) is 0 Å². The number of phenolic OH excluding ortho intramolecular Hbond substituents is 1. The van der Waals surface area contributed by atoms with Gasteiger partial charge in [-0.2, -0.15) is 0 Å². The standard InChI is InChI=1S/C26H30N4O8/c1-30(2)19-13-8-11-7-10-3-6-14(28-9-15(31)29-12-4-5-12)20(32)16(10)21(33)17(11)23(35)26(13,38)24(36)18(22(19)34)25(27)37/h3,6,11-13,19,28,32,34-35,38H,4-5,7-9H2,1-2H3,(H2,27,37)(H,29,31)/t11?,13?,19-,26?/m0/s1. The van der Waals surface area contributed by atoms with Crippen molar-refractivity contribution >= 4 is 29.1 Å². The number of nitrogens with one attached hydrogen (secondary N) is 2. The third kappa shape index (κ3) is 3.74. The van der Waals surface area contributed by atoms with Crippen LogP contribution in [0.3, 0.4) is 0 Å². The first-order chi connectivity index (χ1) is 17.9. The number of likely N-dealkylation sites (N-methyl/N-ethyl adjacent to an activating group) is 1. The number of aromatic hydroxyl groups is 1. The number of carbonyl (C=O) groups is 4. The van der Waals surface area contributed by atoms with Crippen molar-refractivity contribution in [3.63, 3.8) is 0 Å². The molecule has 4 aliphatic rings. The van der Waals surface area contributed by atoms with Crippen molar-refractivity contribution in [2.24, 2.45) is 17.6 Å². The van der Waals surface area contributed by atoms with Crippen LogP contribution in [-0.2, 0) is 20.8 Å². The van der Waals surface area contributed by atoms with E-state index in [9.17, 15) is 39.6 Å². The van der Waals surface area contributed by atoms with E-state index in [0.29, 0.717) is 5.56 Å². The van der Waals surface area contributed by atoms with Crippen molar-refractivity contribution in [3.05, 3.63) is 45.9 Å². The number of ketones is 2. The molecule has 0 heterocycles. The fourth-order valence-corrected chi connectivity index (χ4v) is 6.05. The van der Waals surface area contributed by atoms with Crippen molar-refractivity contribution in [3.8, 4) is 5.75 Å². The second-order valence-corrected chi connectivity index (χ2v) is 10.7. The smallest absolute Gasteiger partial charge is 0.255 e. The minimum atomic E-state index is -2.68. The summed E-state index contributed by atoms with van der Waals surface area (Å²) in [6.07, 6.45) is 2.06. The summed E-state index contributed by atoms with van der Waals surface area (Å²) in [5.74, 6) is -7.26. The van der Waals surface area contributed by atoms with Crippen LogP contribution in [0.5, 0.6) is 5.75 Å². The number of benzene rings is 1. The molecule has 12 nitrogen and oxygen atoms in total. The fourth-order valence-electron chi connectivity index (χ4n) is 6.05. The molecule has 0 aromatic heterocycles. The van der Waals surface area contributed by atoms with Gasteiger partial charge in [0.1, 0.15) is 22.8 Å². The van der Waals surface area contributed by atoms with Crippen LogP contribution in [-0.4, -0.2) is 87.0 Å². The van der Waals surface area contributed by atoms with Gasteiger partial charge in [0, 0.05) is 17.5 Å². The highest BCUT2D eigenvalue weighted by Crippen LogP contribution is 2.52. The first-order valence-corrected chi connectivity index (χ1v) is 12.4. The van der Waals surface area contributed by atoms with Gasteiger partial charge in [-0.05, 0) is 57.3 Å². The molecular weight excluding hydrogens is 496 g/mol. The number of carbonyl (C=O) groups excluding carboxylic acids is 4. The van der Waals surface area contributed by atoms with E-state index in [1.807, 2.05) is 0 Å². The first kappa shape index (κ1) is 25.7. The van der Waals surface area contributed by atoms with E-state index in [4.69, 9.17) is 5.73 Å². The number of allylic oxidation sites excluding steroid dienone is 1. The van der Waals surface area contributed by atoms with Crippen molar-refractivity contribution in [2.45, 2.75) is 43.4 Å². The number of fused-ring (bicyclic) bond motifs is 3. The summed E-state index contributed by atoms with van der Waals surface area (Å²) in [7, 11) is 3.15. The molecule has 1 aromatic carbocycles. The number of rotatable bonds is 6. The number of hydrogen-bond acceptors (Lipinski definition) is 10. The predicted octanol–water partition coefficient (Wildman–Crippen LogP) is -0.189. The van der Waals surface area contributed by atoms with Gasteiger partial charge in [-0.15, -0.1) is 0 Å². The average Bonchev–Trinajstić information content (AvgIpc) is 3.64. The average molecular weight is 527 g/mol. The maximum Gasteiger partial charge on any atom is 0.255 e. The second-order valence-electron chi connectivity index (χ2n) is 10.7. The predicted molar refractivity (Wildman–Crippen MR) is 133 cm³/mol. The number of anilines is 1. The Morgan fingerprint density at radius 1 is 1.16 bits per heavy atom. The number of Topliss-reactive ketones (excluding diaryl/α,β-unsaturated/α-hetero) is 2. The zero-order valence-corrected chi connectivity index (χ0v) is 20.9. The number of primary amides is 1. The summed E-state index contributed by atoms with van der Waals surface area (Å²) in [5.41, 5.74) is 2.09. The molecule has 202 valence electrons. The molecular formula is C26H30N4O8. The topological polar surface area (TPSA) is 203 Å². The highest BCUT2D eigenvalue weighted by Gasteiger charge is 2.63. The van der Waals surface area contributed by atoms with Gasteiger partial charge < -0.3 is 36.8 Å². The zero-order chi connectivity index (χ0) is 27.7. The highest BCUT2D eigenvalue weighted by molar-refractivity contribution is 6.24. The zero-order valence-electron chi connectivity index (χ0n) is 20.9. The Morgan fingerprint density at radius 2 is 1.84 bits per heavy atom. The molecule has 5 rings (SSSR count). The van der Waals surface area contributed by atoms with E-state index in [0.717, 1.165) is 12.8 Å². The number of amides is 2. The number of aliphatic hydroxyl groups is 3. The van der Waals surface area contributed by atoms with Crippen molar-refractivity contribution in [1.29, 1.82) is 0 Å². The molecule has 4 aliphatic carbocycles. The van der Waals surface area contributed by atoms with E-state index in [1.54, 1.807) is 26.2 Å². The van der Waals surface area contributed by atoms with Crippen LogP contribution < -0.4 is 16.4 Å². The summed E-state index contributed by atoms with van der Waals surface area (Å²) >= 11 is 0. The van der Waals surface area contributed by atoms with Crippen LogP contribution in [0.4, 0.5) is 5.69 Å². The van der Waals surface area contributed by atoms with Crippen LogP contribution in [0.2, 0.25) is 0 Å². The lowest BCUT2D eigenvalue weighted by Crippen LogP contribution is -2.63. The van der Waals surface area contributed by atoms with Gasteiger partial charge >= 0.3 is 0 Å². The quantitative estimate of drug-likeness (QED) is 0.192. The lowest BCUT2D eigenvalue weighted by Gasteiger charge is -2.50. The molecule has 38 heavy (non-hydrogen) atoms. The molecule has 0 radical (unpaired) electrons. The van der Waals surface area contributed by atoms with Gasteiger partial charge in [-0.3, -0.25) is 24.1 Å². The van der Waals surface area contributed by atoms with Gasteiger partial charge in [0.05, 0.1) is 23.8 Å². The maximum absolute atomic E-state index is 13.7. The lowest BCUT2D eigenvalue weighted by atomic mass is 9.58. The molecule has 8 N–H and O–H groups in total. The Balaban J connectivity index is 1.55. The van der Waals surface area contributed by atoms with Crippen LogP contribution in [0.25, 0.3) is 0 Å². The summed E-state index contributed by atoms with van der Waals surface area (Å²) in [6.45, 7) is -0.124. The Labute approximate surface area is 217 Å². The number of aliphatic hydroxyl groups excluding tert-OH is 2. The number of nitrogens with two attached hydrogens (primary N) is 1. The highest BCUT2D eigenvalue weighted by atomic mass is 16.3. The molecule has 3 unspecified atom stereocenters. The Bertz CT molecular complexity index is 1340. The maximum atomic E-state index is 13.7. The van der Waals surface area contributed by atoms with Crippen LogP contribution in [0.1, 0.15) is 35.2 Å². The van der Waals surface area contributed by atoms with Crippen LogP contribution in [0, 0.1) is 11.8 Å². The largest absolute Gasteiger partial charge is 0.510 e. The molecule has 1 saturated carbocycles. The number of hydrogen-bond donors (Lipinski definition) is 7. The van der Waals surface area contributed by atoms with Gasteiger partial charge in [-0.1, -0.05) is 6.07 Å². The second kappa shape index (κ2) is 8.84. The molecule has 1 aromatic rings. The molecule has 0 aliphatic heterocycles. The van der Waals surface area contributed by atoms with Gasteiger partial charge in [0.2, 0.25) is 11.7 Å². The van der Waals surface area contributed by atoms with E-state index in [2.05, 4.69) is 10.6 Å². The number of phenols is 1. The molecule has 1 fully saturated rings. The molecule has 0 saturated heterocycles. The van der Waals surface area contributed by atoms with E-state index >= 15 is 0 Å². The summed E-state index contributed by atoms with van der Waals surface area (Å²) < 4.78 is 0. The Morgan fingerprint density at radius 3 is 2.45 bits per heavy atom. The van der Waals surface area contributed by atoms with E-state index < -0.39 is 63.8 Å². The Kier molecular flexibility index (Phi) is 5.99. The van der Waals surface area contributed by atoms with Crippen LogP contribution >= 0.6 is 0 Å². The van der Waals surface area contributed by atoms with Crippen molar-refractivity contribution in [1.82, 2.24) is 10.2 Å². The normalized spacial score (nSPS) is 28.6. The van der Waals surface area contributed by atoms with E-state index in [1.165, 1.54) is 4.90 Å². The van der Waals surface area contributed by atoms with Gasteiger partial charge in [0.25, 0.3) is 5.91 Å². The fraction of sp³-hybridized carbons (Fsp3) is 0.462. The molecule has 4 atom stereocenters. The third-order valence-electron chi connectivity index (χ3n) is 7.98. The molecule has 12 heteroatoms. The number of nitrogens with zero attached hydrogens (tertiary/aromatic N) is 1. The van der Waals surface area contributed by atoms with Gasteiger partial charge in [0.15, 0.2) is 11.4 Å². The van der Waals surface area contributed by atoms with Crippen LogP contribution in [0.15, 0.2) is 34.8 Å². The molecule has 0 spiro atoms. The van der Waals surface area contributed by atoms with Crippen molar-refractivity contribution < 1.29 is 39.6 Å². The molecule has 0 bridgehead atoms.